The van der Waals surface area contributed by atoms with Crippen molar-refractivity contribution < 1.29 is 0 Å². The van der Waals surface area contributed by atoms with Crippen molar-refractivity contribution in [2.24, 2.45) is 0 Å². The van der Waals surface area contributed by atoms with Crippen LogP contribution in [-0.2, 0) is 0 Å². The van der Waals surface area contributed by atoms with Gasteiger partial charge >= 0.3 is 0 Å². The lowest BCUT2D eigenvalue weighted by molar-refractivity contribution is 1.22. The SMILES string of the molecule is CC/C=C(/C)c1ccc(C(C)=N)c(NC)c1. The highest BCUT2D eigenvalue weighted by molar-refractivity contribution is 6.01. The Labute approximate surface area is 97.9 Å². The molecule has 1 aromatic carbocycles. The van der Waals surface area contributed by atoms with Gasteiger partial charge in [-0.05, 0) is 37.5 Å². The van der Waals surface area contributed by atoms with E-state index in [1.807, 2.05) is 20.0 Å². The smallest absolute Gasteiger partial charge is 0.0435 e. The van der Waals surface area contributed by atoms with Crippen molar-refractivity contribution in [1.82, 2.24) is 0 Å². The van der Waals surface area contributed by atoms with Gasteiger partial charge < -0.3 is 10.7 Å². The summed E-state index contributed by atoms with van der Waals surface area (Å²) in [6.45, 7) is 6.07. The Morgan fingerprint density at radius 3 is 2.56 bits per heavy atom. The fraction of sp³-hybridized carbons (Fsp3) is 0.357. The highest BCUT2D eigenvalue weighted by Crippen LogP contribution is 2.23. The molecule has 1 rings (SSSR count). The summed E-state index contributed by atoms with van der Waals surface area (Å²) in [5.41, 5.74) is 5.09. The van der Waals surface area contributed by atoms with E-state index < -0.39 is 0 Å². The van der Waals surface area contributed by atoms with Crippen LogP contribution in [-0.4, -0.2) is 12.8 Å². The largest absolute Gasteiger partial charge is 0.388 e. The van der Waals surface area contributed by atoms with Crippen LogP contribution in [0.2, 0.25) is 0 Å². The van der Waals surface area contributed by atoms with Gasteiger partial charge in [0.15, 0.2) is 0 Å². The van der Waals surface area contributed by atoms with Crippen LogP contribution in [0.5, 0.6) is 0 Å². The van der Waals surface area contributed by atoms with Crippen LogP contribution in [0, 0.1) is 5.41 Å². The number of rotatable bonds is 4. The summed E-state index contributed by atoms with van der Waals surface area (Å²) in [6.07, 6.45) is 3.26. The van der Waals surface area contributed by atoms with Crippen LogP contribution in [0.25, 0.3) is 5.57 Å². The van der Waals surface area contributed by atoms with E-state index in [4.69, 9.17) is 5.41 Å². The predicted octanol–water partition coefficient (Wildman–Crippen LogP) is 3.93. The van der Waals surface area contributed by atoms with Gasteiger partial charge in [-0.15, -0.1) is 0 Å². The van der Waals surface area contributed by atoms with Crippen molar-refractivity contribution in [1.29, 1.82) is 5.41 Å². The molecule has 0 aliphatic carbocycles. The van der Waals surface area contributed by atoms with Crippen molar-refractivity contribution in [3.8, 4) is 0 Å². The van der Waals surface area contributed by atoms with Crippen molar-refractivity contribution >= 4 is 17.0 Å². The second-order valence-electron chi connectivity index (χ2n) is 3.93. The zero-order chi connectivity index (χ0) is 12.1. The summed E-state index contributed by atoms with van der Waals surface area (Å²) in [7, 11) is 1.89. The van der Waals surface area contributed by atoms with Crippen LogP contribution in [0.4, 0.5) is 5.69 Å². The number of hydrogen-bond donors (Lipinski definition) is 2. The fourth-order valence-corrected chi connectivity index (χ4v) is 1.75. The van der Waals surface area contributed by atoms with Gasteiger partial charge in [0.1, 0.15) is 0 Å². The molecule has 2 N–H and O–H groups in total. The maximum atomic E-state index is 7.68. The Morgan fingerprint density at radius 2 is 2.06 bits per heavy atom. The van der Waals surface area contributed by atoms with E-state index in [-0.39, 0.29) is 0 Å². The lowest BCUT2D eigenvalue weighted by Gasteiger charge is -2.10. The van der Waals surface area contributed by atoms with E-state index in [1.54, 1.807) is 0 Å². The molecular formula is C14H20N2. The van der Waals surface area contributed by atoms with Gasteiger partial charge in [0, 0.05) is 24.0 Å². The van der Waals surface area contributed by atoms with Crippen LogP contribution in [0.1, 0.15) is 38.3 Å². The minimum absolute atomic E-state index is 0.591. The third kappa shape index (κ3) is 2.72. The molecule has 0 amide bonds. The van der Waals surface area contributed by atoms with E-state index in [9.17, 15) is 0 Å². The first-order chi connectivity index (χ1) is 7.60. The number of allylic oxidation sites excluding steroid dienone is 2. The molecule has 0 radical (unpaired) electrons. The van der Waals surface area contributed by atoms with Crippen LogP contribution >= 0.6 is 0 Å². The second-order valence-corrected chi connectivity index (χ2v) is 3.93. The highest BCUT2D eigenvalue weighted by Gasteiger charge is 2.05. The van der Waals surface area contributed by atoms with E-state index in [1.165, 1.54) is 11.1 Å². The van der Waals surface area contributed by atoms with Crippen LogP contribution in [0.3, 0.4) is 0 Å². The number of benzene rings is 1. The van der Waals surface area contributed by atoms with Gasteiger partial charge in [-0.2, -0.15) is 0 Å². The van der Waals surface area contributed by atoms with E-state index >= 15 is 0 Å². The van der Waals surface area contributed by atoms with Crippen LogP contribution < -0.4 is 5.32 Å². The molecule has 0 aromatic heterocycles. The third-order valence-corrected chi connectivity index (χ3v) is 2.66. The molecular weight excluding hydrogens is 196 g/mol. The minimum Gasteiger partial charge on any atom is -0.388 e. The molecule has 1 aromatic rings. The molecule has 0 heterocycles. The average molecular weight is 216 g/mol. The molecule has 0 spiro atoms. The lowest BCUT2D eigenvalue weighted by Crippen LogP contribution is -2.00. The van der Waals surface area contributed by atoms with Crippen LogP contribution in [0.15, 0.2) is 24.3 Å². The first kappa shape index (κ1) is 12.5. The monoisotopic (exact) mass is 216 g/mol. The molecule has 86 valence electrons. The molecule has 0 unspecified atom stereocenters. The Balaban J connectivity index is 3.19. The Hall–Kier alpha value is -1.57. The number of hydrogen-bond acceptors (Lipinski definition) is 2. The Kier molecular flexibility index (Phi) is 4.29. The summed E-state index contributed by atoms with van der Waals surface area (Å²) in [5.74, 6) is 0. The summed E-state index contributed by atoms with van der Waals surface area (Å²) < 4.78 is 0. The Morgan fingerprint density at radius 1 is 1.38 bits per heavy atom. The van der Waals surface area contributed by atoms with E-state index in [2.05, 4.69) is 37.4 Å². The molecule has 2 heteroatoms. The fourth-order valence-electron chi connectivity index (χ4n) is 1.75. The van der Waals surface area contributed by atoms with Crippen molar-refractivity contribution in [2.45, 2.75) is 27.2 Å². The van der Waals surface area contributed by atoms with E-state index in [0.29, 0.717) is 5.71 Å². The number of anilines is 1. The normalized spacial score (nSPS) is 11.4. The molecule has 0 aliphatic heterocycles. The van der Waals surface area contributed by atoms with Crippen molar-refractivity contribution in [3.63, 3.8) is 0 Å². The molecule has 0 aliphatic rings. The third-order valence-electron chi connectivity index (χ3n) is 2.66. The summed E-state index contributed by atoms with van der Waals surface area (Å²) in [4.78, 5) is 0. The molecule has 0 atom stereocenters. The van der Waals surface area contributed by atoms with E-state index in [0.717, 1.165) is 17.7 Å². The molecule has 0 fully saturated rings. The van der Waals surface area contributed by atoms with Gasteiger partial charge in [-0.3, -0.25) is 0 Å². The maximum Gasteiger partial charge on any atom is 0.0435 e. The minimum atomic E-state index is 0.591. The molecule has 16 heavy (non-hydrogen) atoms. The topological polar surface area (TPSA) is 35.9 Å². The maximum absolute atomic E-state index is 7.68. The molecule has 0 bridgehead atoms. The van der Waals surface area contributed by atoms with Crippen molar-refractivity contribution in [2.75, 3.05) is 12.4 Å². The second kappa shape index (κ2) is 5.50. The lowest BCUT2D eigenvalue weighted by atomic mass is 10.0. The zero-order valence-electron chi connectivity index (χ0n) is 10.5. The standard InChI is InChI=1S/C14H20N2/c1-5-6-10(2)12-7-8-13(11(3)15)14(9-12)16-4/h6-9,15-16H,5H2,1-4H3/b10-6-,15-11?. The Bertz CT molecular complexity index is 417. The van der Waals surface area contributed by atoms with Gasteiger partial charge in [0.05, 0.1) is 0 Å². The number of nitrogens with one attached hydrogen (secondary N) is 2. The van der Waals surface area contributed by atoms with Gasteiger partial charge in [-0.25, -0.2) is 0 Å². The molecule has 2 nitrogen and oxygen atoms in total. The first-order valence-corrected chi connectivity index (χ1v) is 5.64. The first-order valence-electron chi connectivity index (χ1n) is 5.64. The van der Waals surface area contributed by atoms with Gasteiger partial charge in [-0.1, -0.05) is 25.1 Å². The zero-order valence-corrected chi connectivity index (χ0v) is 10.5. The quantitative estimate of drug-likeness (QED) is 0.735. The average Bonchev–Trinajstić information content (AvgIpc) is 2.28. The summed E-state index contributed by atoms with van der Waals surface area (Å²) >= 11 is 0. The van der Waals surface area contributed by atoms with Gasteiger partial charge in [0.25, 0.3) is 0 Å². The highest BCUT2D eigenvalue weighted by atomic mass is 14.8. The molecule has 0 saturated heterocycles. The summed E-state index contributed by atoms with van der Waals surface area (Å²) in [6, 6.07) is 6.20. The van der Waals surface area contributed by atoms with Gasteiger partial charge in [0.2, 0.25) is 0 Å². The predicted molar refractivity (Wildman–Crippen MR) is 72.4 cm³/mol. The molecule has 0 saturated carbocycles. The van der Waals surface area contributed by atoms with Crippen molar-refractivity contribution in [3.05, 3.63) is 35.4 Å². The summed E-state index contributed by atoms with van der Waals surface area (Å²) in [5, 5.41) is 10.8.